The minimum absolute atomic E-state index is 0.0613. The predicted molar refractivity (Wildman–Crippen MR) is 92.4 cm³/mol. The molecule has 130 valence electrons. The first-order valence-corrected chi connectivity index (χ1v) is 7.86. The second-order valence-electron chi connectivity index (χ2n) is 5.76. The van der Waals surface area contributed by atoms with Crippen LogP contribution in [-0.2, 0) is 9.59 Å². The van der Waals surface area contributed by atoms with Crippen molar-refractivity contribution in [2.24, 2.45) is 0 Å². The molecule has 0 unspecified atom stereocenters. The van der Waals surface area contributed by atoms with E-state index in [-0.39, 0.29) is 17.8 Å². The van der Waals surface area contributed by atoms with Gasteiger partial charge in [0.15, 0.2) is 11.5 Å². The lowest BCUT2D eigenvalue weighted by molar-refractivity contribution is -0.131. The highest BCUT2D eigenvalue weighted by atomic mass is 16.5. The molecular formula is C19H19NO5. The number of fused-ring (bicyclic) bond motifs is 1. The molecule has 0 aliphatic carbocycles. The summed E-state index contributed by atoms with van der Waals surface area (Å²) in [7, 11) is 3.13. The van der Waals surface area contributed by atoms with Gasteiger partial charge in [-0.05, 0) is 29.3 Å². The summed E-state index contributed by atoms with van der Waals surface area (Å²) in [5.74, 6) is 1.10. The number of nitrogens with one attached hydrogen (secondary N) is 1. The van der Waals surface area contributed by atoms with E-state index in [1.807, 2.05) is 18.2 Å². The third-order valence-corrected chi connectivity index (χ3v) is 4.14. The van der Waals surface area contributed by atoms with Crippen molar-refractivity contribution in [1.29, 1.82) is 0 Å². The SMILES string of the molecule is COc1cc2c(cc1OC)[C@H](c1ccc(OC(C)=O)cc1)CC(=O)N2. The van der Waals surface area contributed by atoms with Gasteiger partial charge >= 0.3 is 5.97 Å². The minimum atomic E-state index is -0.369. The summed E-state index contributed by atoms with van der Waals surface area (Å²) in [6, 6.07) is 10.8. The van der Waals surface area contributed by atoms with E-state index in [9.17, 15) is 9.59 Å². The molecule has 0 saturated carbocycles. The van der Waals surface area contributed by atoms with Gasteiger partial charge in [-0.1, -0.05) is 12.1 Å². The standard InChI is InChI=1S/C19H19NO5/c1-11(21)25-13-6-4-12(5-7-13)14-9-19(22)20-16-10-18(24-3)17(23-2)8-15(14)16/h4-8,10,14H,9H2,1-3H3,(H,20,22)/t14-/m0/s1. The van der Waals surface area contributed by atoms with Crippen LogP contribution in [-0.4, -0.2) is 26.1 Å². The lowest BCUT2D eigenvalue weighted by Gasteiger charge is -2.27. The maximum Gasteiger partial charge on any atom is 0.308 e. The number of amides is 1. The Balaban J connectivity index is 2.00. The van der Waals surface area contributed by atoms with Gasteiger partial charge in [0.2, 0.25) is 5.91 Å². The number of hydrogen-bond donors (Lipinski definition) is 1. The molecule has 0 aromatic heterocycles. The Morgan fingerprint density at radius 3 is 2.32 bits per heavy atom. The number of rotatable bonds is 4. The van der Waals surface area contributed by atoms with Crippen LogP contribution in [0.3, 0.4) is 0 Å². The fourth-order valence-corrected chi connectivity index (χ4v) is 3.02. The molecule has 6 nitrogen and oxygen atoms in total. The third-order valence-electron chi connectivity index (χ3n) is 4.14. The summed E-state index contributed by atoms with van der Waals surface area (Å²) in [5, 5.41) is 2.88. The van der Waals surface area contributed by atoms with Crippen LogP contribution < -0.4 is 19.5 Å². The molecule has 1 heterocycles. The number of methoxy groups -OCH3 is 2. The molecule has 0 bridgehead atoms. The first-order chi connectivity index (χ1) is 12.0. The summed E-state index contributed by atoms with van der Waals surface area (Å²) in [6.07, 6.45) is 0.329. The molecule has 1 aliphatic rings. The molecule has 2 aromatic rings. The van der Waals surface area contributed by atoms with Crippen molar-refractivity contribution in [2.75, 3.05) is 19.5 Å². The zero-order valence-electron chi connectivity index (χ0n) is 14.3. The van der Waals surface area contributed by atoms with Crippen LogP contribution in [0.25, 0.3) is 0 Å². The maximum absolute atomic E-state index is 12.1. The molecule has 0 fully saturated rings. The normalized spacial score (nSPS) is 15.8. The van der Waals surface area contributed by atoms with Crippen LogP contribution in [0.5, 0.6) is 17.2 Å². The fourth-order valence-electron chi connectivity index (χ4n) is 3.02. The van der Waals surface area contributed by atoms with Gasteiger partial charge in [-0.25, -0.2) is 0 Å². The smallest absolute Gasteiger partial charge is 0.308 e. The number of benzene rings is 2. The van der Waals surface area contributed by atoms with Crippen molar-refractivity contribution in [3.8, 4) is 17.2 Å². The Kier molecular flexibility index (Phi) is 4.61. The van der Waals surface area contributed by atoms with Gasteiger partial charge in [-0.2, -0.15) is 0 Å². The maximum atomic E-state index is 12.1. The van der Waals surface area contributed by atoms with E-state index in [2.05, 4.69) is 5.32 Å². The summed E-state index contributed by atoms with van der Waals surface area (Å²) in [5.41, 5.74) is 2.62. The Morgan fingerprint density at radius 1 is 1.08 bits per heavy atom. The number of carbonyl (C=O) groups is 2. The summed E-state index contributed by atoms with van der Waals surface area (Å²) >= 11 is 0. The number of esters is 1. The van der Waals surface area contributed by atoms with Gasteiger partial charge in [0.25, 0.3) is 0 Å². The second kappa shape index (κ2) is 6.84. The highest BCUT2D eigenvalue weighted by Crippen LogP contribution is 2.43. The van der Waals surface area contributed by atoms with E-state index in [4.69, 9.17) is 14.2 Å². The molecule has 1 amide bonds. The number of anilines is 1. The van der Waals surface area contributed by atoms with E-state index in [1.165, 1.54) is 6.92 Å². The van der Waals surface area contributed by atoms with Gasteiger partial charge in [0, 0.05) is 31.0 Å². The summed E-state index contributed by atoms with van der Waals surface area (Å²) in [4.78, 5) is 23.2. The van der Waals surface area contributed by atoms with Crippen LogP contribution >= 0.6 is 0 Å². The summed E-state index contributed by atoms with van der Waals surface area (Å²) < 4.78 is 15.7. The van der Waals surface area contributed by atoms with E-state index in [0.717, 1.165) is 11.1 Å². The molecule has 1 N–H and O–H groups in total. The lowest BCUT2D eigenvalue weighted by Crippen LogP contribution is -2.23. The van der Waals surface area contributed by atoms with Gasteiger partial charge < -0.3 is 19.5 Å². The Labute approximate surface area is 145 Å². The van der Waals surface area contributed by atoms with Gasteiger partial charge in [0.05, 0.1) is 14.2 Å². The second-order valence-corrected chi connectivity index (χ2v) is 5.76. The zero-order valence-corrected chi connectivity index (χ0v) is 14.3. The minimum Gasteiger partial charge on any atom is -0.493 e. The van der Waals surface area contributed by atoms with E-state index >= 15 is 0 Å². The fraction of sp³-hybridized carbons (Fsp3) is 0.263. The molecule has 25 heavy (non-hydrogen) atoms. The van der Waals surface area contributed by atoms with Crippen LogP contribution in [0.2, 0.25) is 0 Å². The monoisotopic (exact) mass is 341 g/mol. The largest absolute Gasteiger partial charge is 0.493 e. The van der Waals surface area contributed by atoms with Crippen molar-refractivity contribution in [1.82, 2.24) is 0 Å². The number of ether oxygens (including phenoxy) is 3. The number of carbonyl (C=O) groups excluding carboxylic acids is 2. The van der Waals surface area contributed by atoms with Gasteiger partial charge in [-0.15, -0.1) is 0 Å². The third kappa shape index (κ3) is 3.42. The van der Waals surface area contributed by atoms with E-state index < -0.39 is 0 Å². The van der Waals surface area contributed by atoms with Crippen molar-refractivity contribution in [3.63, 3.8) is 0 Å². The average molecular weight is 341 g/mol. The molecule has 3 rings (SSSR count). The van der Waals surface area contributed by atoms with Gasteiger partial charge in [-0.3, -0.25) is 9.59 Å². The van der Waals surface area contributed by atoms with Crippen molar-refractivity contribution < 1.29 is 23.8 Å². The van der Waals surface area contributed by atoms with Crippen molar-refractivity contribution in [3.05, 3.63) is 47.5 Å². The lowest BCUT2D eigenvalue weighted by atomic mass is 9.84. The zero-order chi connectivity index (χ0) is 18.0. The van der Waals surface area contributed by atoms with E-state index in [0.29, 0.717) is 29.4 Å². The van der Waals surface area contributed by atoms with Crippen LogP contribution in [0.15, 0.2) is 36.4 Å². The molecular weight excluding hydrogens is 322 g/mol. The highest BCUT2D eigenvalue weighted by Gasteiger charge is 2.28. The average Bonchev–Trinajstić information content (AvgIpc) is 2.60. The Morgan fingerprint density at radius 2 is 1.72 bits per heavy atom. The highest BCUT2D eigenvalue weighted by molar-refractivity contribution is 5.96. The first kappa shape index (κ1) is 16.8. The van der Waals surface area contributed by atoms with Crippen molar-refractivity contribution >= 4 is 17.6 Å². The molecule has 0 saturated heterocycles. The molecule has 2 aromatic carbocycles. The molecule has 1 aliphatic heterocycles. The number of hydrogen-bond acceptors (Lipinski definition) is 5. The van der Waals surface area contributed by atoms with Crippen molar-refractivity contribution in [2.45, 2.75) is 19.3 Å². The quantitative estimate of drug-likeness (QED) is 0.683. The van der Waals surface area contributed by atoms with Gasteiger partial charge in [0.1, 0.15) is 5.75 Å². The van der Waals surface area contributed by atoms with Crippen LogP contribution in [0.1, 0.15) is 30.4 Å². The topological polar surface area (TPSA) is 73.9 Å². The van der Waals surface area contributed by atoms with Crippen LogP contribution in [0.4, 0.5) is 5.69 Å². The Bertz CT molecular complexity index is 813. The molecule has 1 atom stereocenters. The molecule has 0 spiro atoms. The molecule has 6 heteroatoms. The van der Waals surface area contributed by atoms with Crippen LogP contribution in [0, 0.1) is 0 Å². The predicted octanol–water partition coefficient (Wildman–Crippen LogP) is 3.10. The summed E-state index contributed by atoms with van der Waals surface area (Å²) in [6.45, 7) is 1.36. The first-order valence-electron chi connectivity index (χ1n) is 7.86. The Hall–Kier alpha value is -3.02. The molecule has 0 radical (unpaired) electrons. The van der Waals surface area contributed by atoms with E-state index in [1.54, 1.807) is 32.4 Å².